The minimum absolute atomic E-state index is 0.282. The Morgan fingerprint density at radius 3 is 1.75 bits per heavy atom. The van der Waals surface area contributed by atoms with Gasteiger partial charge < -0.3 is 9.84 Å². The van der Waals surface area contributed by atoms with E-state index in [0.29, 0.717) is 6.08 Å². The smallest absolute Gasteiger partial charge is 0.430 e. The topological polar surface area (TPSA) is 29.5 Å². The summed E-state index contributed by atoms with van der Waals surface area (Å²) in [5.74, 6) is -0.282. The van der Waals surface area contributed by atoms with Crippen molar-refractivity contribution in [2.24, 2.45) is 0 Å². The molecule has 1 unspecified atom stereocenters. The number of halogens is 6. The first-order chi connectivity index (χ1) is 8.82. The van der Waals surface area contributed by atoms with Gasteiger partial charge in [0.05, 0.1) is 7.11 Å². The van der Waals surface area contributed by atoms with Gasteiger partial charge in [-0.3, -0.25) is 0 Å². The first-order valence-electron chi connectivity index (χ1n) is 5.06. The maximum Gasteiger partial charge on any atom is 0.430 e. The van der Waals surface area contributed by atoms with Crippen LogP contribution in [0.15, 0.2) is 35.4 Å². The van der Waals surface area contributed by atoms with Gasteiger partial charge in [0.15, 0.2) is 0 Å². The van der Waals surface area contributed by atoms with Crippen molar-refractivity contribution in [3.63, 3.8) is 0 Å². The van der Waals surface area contributed by atoms with Crippen LogP contribution >= 0.6 is 9.24 Å². The van der Waals surface area contributed by atoms with Crippen molar-refractivity contribution in [1.29, 1.82) is 0 Å². The van der Waals surface area contributed by atoms with E-state index in [2.05, 4.69) is 11.3 Å². The van der Waals surface area contributed by atoms with Crippen LogP contribution in [-0.4, -0.2) is 30.2 Å². The Hall–Kier alpha value is -1.01. The fraction of sp³-hybridized carbons (Fsp3) is 0.455. The number of hydrogen-bond acceptors (Lipinski definition) is 2. The number of ether oxygens (including phenoxy) is 1. The van der Waals surface area contributed by atoms with Crippen molar-refractivity contribution >= 4 is 9.24 Å². The van der Waals surface area contributed by atoms with Gasteiger partial charge in [-0.1, -0.05) is 6.58 Å². The molecule has 0 aliphatic rings. The van der Waals surface area contributed by atoms with Crippen molar-refractivity contribution < 1.29 is 36.2 Å². The Labute approximate surface area is 114 Å². The lowest BCUT2D eigenvalue weighted by atomic mass is 9.91. The summed E-state index contributed by atoms with van der Waals surface area (Å²) in [5.41, 5.74) is -6.50. The molecule has 0 heterocycles. The molecule has 0 amide bonds. The van der Waals surface area contributed by atoms with E-state index in [-0.39, 0.29) is 5.76 Å². The quantitative estimate of drug-likeness (QED) is 0.370. The molecule has 0 saturated carbocycles. The van der Waals surface area contributed by atoms with Gasteiger partial charge in [-0.05, 0) is 24.4 Å². The van der Waals surface area contributed by atoms with Crippen LogP contribution in [0.2, 0.25) is 0 Å². The molecule has 0 aromatic heterocycles. The number of rotatable bonds is 4. The Balaban J connectivity index is 6.32. The molecule has 0 aliphatic heterocycles. The minimum Gasteiger partial charge on any atom is -0.497 e. The van der Waals surface area contributed by atoms with Gasteiger partial charge in [0.25, 0.3) is 5.60 Å². The van der Waals surface area contributed by atoms with Crippen molar-refractivity contribution in [2.45, 2.75) is 24.9 Å². The maximum atomic E-state index is 12.7. The summed E-state index contributed by atoms with van der Waals surface area (Å²) in [6.07, 6.45) is -10.4. The van der Waals surface area contributed by atoms with Gasteiger partial charge in [-0.2, -0.15) is 26.3 Å². The fourth-order valence-electron chi connectivity index (χ4n) is 1.30. The molecule has 0 radical (unpaired) electrons. The van der Waals surface area contributed by atoms with Crippen molar-refractivity contribution in [2.75, 3.05) is 7.11 Å². The molecule has 1 atom stereocenters. The average molecular weight is 322 g/mol. The van der Waals surface area contributed by atoms with Gasteiger partial charge in [0.2, 0.25) is 0 Å². The summed E-state index contributed by atoms with van der Waals surface area (Å²) in [7, 11) is 2.67. The molecule has 116 valence electrons. The summed E-state index contributed by atoms with van der Waals surface area (Å²) in [6.45, 7) is 4.37. The SMILES string of the molecule is C=C(P)/C(=C\C(=C/C)OC)C(O)(C(F)(F)F)C(F)(F)F. The van der Waals surface area contributed by atoms with E-state index >= 15 is 0 Å². The third-order valence-corrected chi connectivity index (χ3v) is 2.67. The normalized spacial score (nSPS) is 15.3. The lowest BCUT2D eigenvalue weighted by Gasteiger charge is -2.34. The summed E-state index contributed by atoms with van der Waals surface area (Å²) < 4.78 is 81.1. The van der Waals surface area contributed by atoms with E-state index in [1.807, 2.05) is 0 Å². The third kappa shape index (κ3) is 3.55. The van der Waals surface area contributed by atoms with Crippen LogP contribution in [0, 0.1) is 0 Å². The number of hydrogen-bond donors (Lipinski definition) is 1. The first-order valence-corrected chi connectivity index (χ1v) is 5.63. The molecule has 9 heteroatoms. The van der Waals surface area contributed by atoms with Crippen LogP contribution in [-0.2, 0) is 4.74 Å². The molecule has 20 heavy (non-hydrogen) atoms. The van der Waals surface area contributed by atoms with Crippen LogP contribution in [0.3, 0.4) is 0 Å². The zero-order chi connectivity index (χ0) is 16.4. The van der Waals surface area contributed by atoms with E-state index in [9.17, 15) is 31.4 Å². The highest BCUT2D eigenvalue weighted by Crippen LogP contribution is 2.50. The van der Waals surface area contributed by atoms with Gasteiger partial charge in [-0.25, -0.2) is 0 Å². The second-order valence-corrected chi connectivity index (χ2v) is 4.38. The van der Waals surface area contributed by atoms with Crippen molar-refractivity contribution in [3.05, 3.63) is 35.4 Å². The summed E-state index contributed by atoms with van der Waals surface area (Å²) >= 11 is 0. The monoisotopic (exact) mass is 322 g/mol. The molecular weight excluding hydrogens is 309 g/mol. The molecule has 0 aromatic carbocycles. The van der Waals surface area contributed by atoms with Gasteiger partial charge in [0, 0.05) is 5.57 Å². The highest BCUT2D eigenvalue weighted by molar-refractivity contribution is 7.23. The van der Waals surface area contributed by atoms with Crippen LogP contribution in [0.1, 0.15) is 6.92 Å². The Kier molecular flexibility index (Phi) is 5.87. The lowest BCUT2D eigenvalue weighted by molar-refractivity contribution is -0.351. The average Bonchev–Trinajstić information content (AvgIpc) is 2.26. The molecule has 0 aromatic rings. The van der Waals surface area contributed by atoms with Crippen molar-refractivity contribution in [3.8, 4) is 0 Å². The molecule has 0 spiro atoms. The molecule has 0 rings (SSSR count). The van der Waals surface area contributed by atoms with Crippen LogP contribution < -0.4 is 0 Å². The van der Waals surface area contributed by atoms with Gasteiger partial charge in [-0.15, -0.1) is 9.24 Å². The van der Waals surface area contributed by atoms with E-state index in [0.717, 1.165) is 13.2 Å². The number of allylic oxidation sites excluding steroid dienone is 2. The van der Waals surface area contributed by atoms with Crippen LogP contribution in [0.25, 0.3) is 0 Å². The molecule has 0 aliphatic carbocycles. The van der Waals surface area contributed by atoms with E-state index < -0.39 is 28.8 Å². The standard InChI is InChI=1S/C11H13F6O2P/c1-4-7(19-3)5-8(6(2)20)9(18,10(12,13)14)11(15,16)17/h4-5,18H,2,20H2,1,3H3/b7-4+,8-5+. The van der Waals surface area contributed by atoms with Crippen LogP contribution in [0.5, 0.6) is 0 Å². The molecule has 2 nitrogen and oxygen atoms in total. The zero-order valence-corrected chi connectivity index (χ0v) is 11.7. The number of alkyl halides is 6. The Morgan fingerprint density at radius 1 is 1.15 bits per heavy atom. The number of methoxy groups -OCH3 is 1. The van der Waals surface area contributed by atoms with E-state index in [1.54, 1.807) is 9.24 Å². The predicted molar refractivity (Wildman–Crippen MR) is 64.8 cm³/mol. The van der Waals surface area contributed by atoms with E-state index in [4.69, 9.17) is 0 Å². The maximum absolute atomic E-state index is 12.7. The molecule has 0 saturated heterocycles. The minimum atomic E-state index is -5.97. The Morgan fingerprint density at radius 2 is 1.55 bits per heavy atom. The summed E-state index contributed by atoms with van der Waals surface area (Å²) in [5, 5.41) is 8.61. The third-order valence-electron chi connectivity index (χ3n) is 2.36. The van der Waals surface area contributed by atoms with Gasteiger partial charge in [0.1, 0.15) is 5.76 Å². The highest BCUT2D eigenvalue weighted by Gasteiger charge is 2.72. The second-order valence-electron chi connectivity index (χ2n) is 3.68. The molecule has 1 N–H and O–H groups in total. The molecule has 0 bridgehead atoms. The highest BCUT2D eigenvalue weighted by atomic mass is 31.0. The lowest BCUT2D eigenvalue weighted by Crippen LogP contribution is -2.58. The van der Waals surface area contributed by atoms with Crippen LogP contribution in [0.4, 0.5) is 26.3 Å². The largest absolute Gasteiger partial charge is 0.497 e. The fourth-order valence-corrected chi connectivity index (χ4v) is 1.59. The Bertz CT molecular complexity index is 419. The molecular formula is C11H13F6O2P. The second kappa shape index (κ2) is 6.18. The zero-order valence-electron chi connectivity index (χ0n) is 10.6. The van der Waals surface area contributed by atoms with E-state index in [1.165, 1.54) is 6.92 Å². The summed E-state index contributed by atoms with van der Waals surface area (Å²) in [4.78, 5) is 0. The predicted octanol–water partition coefficient (Wildman–Crippen LogP) is 3.71. The van der Waals surface area contributed by atoms with Gasteiger partial charge >= 0.3 is 12.4 Å². The summed E-state index contributed by atoms with van der Waals surface area (Å²) in [6, 6.07) is 0. The molecule has 0 fully saturated rings. The van der Waals surface area contributed by atoms with Crippen molar-refractivity contribution in [1.82, 2.24) is 0 Å². The number of aliphatic hydroxyl groups is 1. The first kappa shape index (κ1) is 19.0.